The summed E-state index contributed by atoms with van der Waals surface area (Å²) in [5.41, 5.74) is 4.38. The van der Waals surface area contributed by atoms with Crippen LogP contribution in [0.1, 0.15) is 59.8 Å². The van der Waals surface area contributed by atoms with Gasteiger partial charge < -0.3 is 24.8 Å². The second-order valence-electron chi connectivity index (χ2n) is 11.1. The van der Waals surface area contributed by atoms with Gasteiger partial charge in [0.25, 0.3) is 0 Å². The number of fused-ring (bicyclic) bond motifs is 1. The molecule has 0 saturated carbocycles. The molecule has 0 radical (unpaired) electrons. The van der Waals surface area contributed by atoms with Crippen LogP contribution in [-0.4, -0.2) is 41.4 Å². The lowest BCUT2D eigenvalue weighted by atomic mass is 9.74. The minimum atomic E-state index is -5.08. The molecule has 3 N–H and O–H groups in total. The molecular weight excluding hydrogens is 577 g/mol. The molecule has 11 heteroatoms. The van der Waals surface area contributed by atoms with E-state index in [-0.39, 0.29) is 22.4 Å². The van der Waals surface area contributed by atoms with Crippen molar-refractivity contribution in [1.29, 1.82) is 0 Å². The number of aryl methyl sites for hydroxylation is 1. The standard InChI is InChI=1S/C31H32N2O4.C2HF3O2/c1-20-17-24(21(2)32-26-12-8-7-11-23(26)30(35)36)29-25(18-20)27(34)19-28(37-29)33-15-13-31(3,14-16-33)22-9-5-4-6-10-22;3-2(4,5)1(6)7/h4-12,17-19,21,32H,13-16H2,1-3H3,(H,35,36);(H,6,7). The second kappa shape index (κ2) is 12.8. The Bertz CT molecular complexity index is 1710. The Morgan fingerprint density at radius 2 is 1.57 bits per heavy atom. The topological polar surface area (TPSA) is 120 Å². The summed E-state index contributed by atoms with van der Waals surface area (Å²) in [4.78, 5) is 36.0. The Morgan fingerprint density at radius 1 is 0.977 bits per heavy atom. The summed E-state index contributed by atoms with van der Waals surface area (Å²) in [5.74, 6) is -3.17. The molecule has 2 heterocycles. The molecule has 0 bridgehead atoms. The number of para-hydroxylation sites is 1. The van der Waals surface area contributed by atoms with Crippen LogP contribution in [0.3, 0.4) is 0 Å². The summed E-state index contributed by atoms with van der Waals surface area (Å²) in [7, 11) is 0. The number of benzene rings is 3. The van der Waals surface area contributed by atoms with Crippen LogP contribution in [0.4, 0.5) is 24.7 Å². The highest BCUT2D eigenvalue weighted by Gasteiger charge is 2.38. The van der Waals surface area contributed by atoms with E-state index in [0.29, 0.717) is 22.5 Å². The summed E-state index contributed by atoms with van der Waals surface area (Å²) in [6.45, 7) is 7.79. The van der Waals surface area contributed by atoms with E-state index < -0.39 is 18.1 Å². The number of anilines is 2. The van der Waals surface area contributed by atoms with E-state index in [2.05, 4.69) is 41.4 Å². The van der Waals surface area contributed by atoms with E-state index >= 15 is 0 Å². The number of aliphatic carboxylic acids is 1. The van der Waals surface area contributed by atoms with Crippen molar-refractivity contribution in [3.8, 4) is 0 Å². The molecule has 4 aromatic rings. The lowest BCUT2D eigenvalue weighted by Gasteiger charge is -2.40. The molecule has 232 valence electrons. The summed E-state index contributed by atoms with van der Waals surface area (Å²) in [6, 6.07) is 22.6. The molecule has 1 saturated heterocycles. The van der Waals surface area contributed by atoms with Gasteiger partial charge in [0, 0.05) is 30.4 Å². The van der Waals surface area contributed by atoms with Crippen LogP contribution in [0, 0.1) is 6.92 Å². The van der Waals surface area contributed by atoms with Crippen molar-refractivity contribution in [2.45, 2.75) is 51.2 Å². The van der Waals surface area contributed by atoms with E-state index in [4.69, 9.17) is 14.3 Å². The van der Waals surface area contributed by atoms with E-state index in [1.54, 1.807) is 30.3 Å². The molecule has 1 aliphatic rings. The maximum atomic E-state index is 13.2. The highest BCUT2D eigenvalue weighted by atomic mass is 19.4. The van der Waals surface area contributed by atoms with Gasteiger partial charge in [-0.2, -0.15) is 13.2 Å². The zero-order valence-corrected chi connectivity index (χ0v) is 24.4. The number of piperidine rings is 1. The Labute approximate surface area is 251 Å². The number of carbonyl (C=O) groups is 2. The third kappa shape index (κ3) is 7.21. The maximum Gasteiger partial charge on any atom is 0.490 e. The molecule has 1 unspecified atom stereocenters. The molecule has 1 aromatic heterocycles. The van der Waals surface area contributed by atoms with E-state index in [9.17, 15) is 27.9 Å². The number of aromatic carboxylic acids is 1. The highest BCUT2D eigenvalue weighted by Crippen LogP contribution is 2.37. The number of nitrogens with zero attached hydrogens (tertiary/aromatic N) is 1. The molecule has 1 atom stereocenters. The Morgan fingerprint density at radius 3 is 2.16 bits per heavy atom. The van der Waals surface area contributed by atoms with Crippen LogP contribution in [0.5, 0.6) is 0 Å². The average molecular weight is 611 g/mol. The SMILES string of the molecule is Cc1cc(C(C)Nc2ccccc2C(=O)O)c2oc(N3CCC(C)(c4ccccc4)CC3)cc(=O)c2c1.O=C(O)C(F)(F)F. The van der Waals surface area contributed by atoms with Crippen molar-refractivity contribution in [2.75, 3.05) is 23.3 Å². The fourth-order valence-electron chi connectivity index (χ4n) is 5.36. The third-order valence-electron chi connectivity index (χ3n) is 7.88. The molecular formula is C33H33F3N2O6. The Kier molecular flexibility index (Phi) is 9.36. The van der Waals surface area contributed by atoms with Crippen molar-refractivity contribution in [3.63, 3.8) is 0 Å². The van der Waals surface area contributed by atoms with E-state index in [0.717, 1.165) is 37.1 Å². The van der Waals surface area contributed by atoms with Crippen molar-refractivity contribution < 1.29 is 37.4 Å². The first-order valence-corrected chi connectivity index (χ1v) is 14.0. The lowest BCUT2D eigenvalue weighted by molar-refractivity contribution is -0.192. The molecule has 3 aromatic carbocycles. The van der Waals surface area contributed by atoms with Crippen LogP contribution in [-0.2, 0) is 10.2 Å². The quantitative estimate of drug-likeness (QED) is 0.210. The normalized spacial score (nSPS) is 15.2. The summed E-state index contributed by atoms with van der Waals surface area (Å²) in [5, 5.41) is 20.6. The fourth-order valence-corrected chi connectivity index (χ4v) is 5.36. The molecule has 44 heavy (non-hydrogen) atoms. The van der Waals surface area contributed by atoms with Gasteiger partial charge >= 0.3 is 18.1 Å². The van der Waals surface area contributed by atoms with Gasteiger partial charge in [-0.1, -0.05) is 55.5 Å². The van der Waals surface area contributed by atoms with E-state index in [1.165, 1.54) is 5.56 Å². The predicted molar refractivity (Wildman–Crippen MR) is 162 cm³/mol. The van der Waals surface area contributed by atoms with E-state index in [1.807, 2.05) is 32.0 Å². The zero-order valence-electron chi connectivity index (χ0n) is 24.4. The first kappa shape index (κ1) is 32.1. The van der Waals surface area contributed by atoms with Crippen molar-refractivity contribution in [1.82, 2.24) is 0 Å². The number of nitrogens with one attached hydrogen (secondary N) is 1. The van der Waals surface area contributed by atoms with Crippen molar-refractivity contribution in [2.24, 2.45) is 0 Å². The van der Waals surface area contributed by atoms with Gasteiger partial charge in [0.15, 0.2) is 11.3 Å². The molecule has 0 amide bonds. The van der Waals surface area contributed by atoms with Gasteiger partial charge in [-0.25, -0.2) is 9.59 Å². The predicted octanol–water partition coefficient (Wildman–Crippen LogP) is 7.16. The minimum Gasteiger partial charge on any atom is -0.478 e. The third-order valence-corrected chi connectivity index (χ3v) is 7.88. The Balaban J connectivity index is 0.000000566. The van der Waals surface area contributed by atoms with Crippen LogP contribution >= 0.6 is 0 Å². The van der Waals surface area contributed by atoms with Gasteiger partial charge in [0.1, 0.15) is 5.58 Å². The average Bonchev–Trinajstić information content (AvgIpc) is 2.98. The van der Waals surface area contributed by atoms with Gasteiger partial charge in [-0.3, -0.25) is 4.79 Å². The van der Waals surface area contributed by atoms with Gasteiger partial charge in [0.05, 0.1) is 17.0 Å². The molecule has 0 aliphatic carbocycles. The van der Waals surface area contributed by atoms with Gasteiger partial charge in [-0.15, -0.1) is 0 Å². The van der Waals surface area contributed by atoms with Crippen molar-refractivity contribution in [3.05, 3.63) is 105 Å². The van der Waals surface area contributed by atoms with Gasteiger partial charge in [-0.05, 0) is 61.4 Å². The monoisotopic (exact) mass is 610 g/mol. The maximum absolute atomic E-state index is 13.2. The van der Waals surface area contributed by atoms with Crippen LogP contribution in [0.25, 0.3) is 11.0 Å². The number of halogens is 3. The second-order valence-corrected chi connectivity index (χ2v) is 11.1. The largest absolute Gasteiger partial charge is 0.490 e. The van der Waals surface area contributed by atoms with Crippen molar-refractivity contribution >= 4 is 34.5 Å². The molecule has 8 nitrogen and oxygen atoms in total. The number of rotatable bonds is 6. The first-order valence-electron chi connectivity index (χ1n) is 14.0. The summed E-state index contributed by atoms with van der Waals surface area (Å²) >= 11 is 0. The first-order chi connectivity index (χ1) is 20.7. The van der Waals surface area contributed by atoms with Crippen LogP contribution in [0.15, 0.2) is 82.0 Å². The molecule has 1 aliphatic heterocycles. The lowest BCUT2D eigenvalue weighted by Crippen LogP contribution is -2.41. The Hall–Kier alpha value is -4.80. The number of hydrogen-bond donors (Lipinski definition) is 3. The molecule has 0 spiro atoms. The zero-order chi connectivity index (χ0) is 32.2. The molecule has 1 fully saturated rings. The number of carboxylic acids is 2. The van der Waals surface area contributed by atoms with Crippen LogP contribution < -0.4 is 15.6 Å². The highest BCUT2D eigenvalue weighted by molar-refractivity contribution is 5.94. The smallest absolute Gasteiger partial charge is 0.478 e. The number of alkyl halides is 3. The number of hydrogen-bond acceptors (Lipinski definition) is 6. The van der Waals surface area contributed by atoms with Gasteiger partial charge in [0.2, 0.25) is 0 Å². The minimum absolute atomic E-state index is 0.0734. The summed E-state index contributed by atoms with van der Waals surface area (Å²) in [6.07, 6.45) is -3.16. The fraction of sp³-hybridized carbons (Fsp3) is 0.303. The number of carboxylic acid groups (broad SMARTS) is 2. The van der Waals surface area contributed by atoms with Crippen LogP contribution in [0.2, 0.25) is 0 Å². The molecule has 5 rings (SSSR count). The summed E-state index contributed by atoms with van der Waals surface area (Å²) < 4.78 is 38.2.